The zero-order chi connectivity index (χ0) is 13.6. The molecular formula is C14H18N2O2S. The van der Waals surface area contributed by atoms with Crippen molar-refractivity contribution < 1.29 is 9.59 Å². The van der Waals surface area contributed by atoms with Crippen molar-refractivity contribution in [1.82, 2.24) is 9.80 Å². The molecule has 1 aromatic rings. The normalized spacial score (nSPS) is 26.1. The Morgan fingerprint density at radius 1 is 1.42 bits per heavy atom. The molecule has 5 heteroatoms. The molecule has 0 aliphatic carbocycles. The molecule has 2 atom stereocenters. The summed E-state index contributed by atoms with van der Waals surface area (Å²) in [5.74, 6) is 0.677. The van der Waals surface area contributed by atoms with Gasteiger partial charge in [-0.1, -0.05) is 0 Å². The molecule has 0 aromatic carbocycles. The van der Waals surface area contributed by atoms with Crippen LogP contribution in [0.5, 0.6) is 0 Å². The minimum Gasteiger partial charge on any atom is -0.342 e. The molecule has 0 bridgehead atoms. The molecule has 19 heavy (non-hydrogen) atoms. The van der Waals surface area contributed by atoms with Gasteiger partial charge in [-0.25, -0.2) is 0 Å². The van der Waals surface area contributed by atoms with E-state index in [1.54, 1.807) is 0 Å². The maximum atomic E-state index is 12.4. The molecule has 2 amide bonds. The number of hydrogen-bond donors (Lipinski definition) is 0. The van der Waals surface area contributed by atoms with E-state index in [9.17, 15) is 9.59 Å². The van der Waals surface area contributed by atoms with Crippen molar-refractivity contribution in [2.24, 2.45) is 11.8 Å². The highest BCUT2D eigenvalue weighted by atomic mass is 32.1. The summed E-state index contributed by atoms with van der Waals surface area (Å²) in [4.78, 5) is 29.0. The molecule has 4 nitrogen and oxygen atoms in total. The van der Waals surface area contributed by atoms with Crippen molar-refractivity contribution in [3.8, 4) is 0 Å². The van der Waals surface area contributed by atoms with Crippen LogP contribution in [-0.4, -0.2) is 47.8 Å². The van der Waals surface area contributed by atoms with Crippen LogP contribution in [0.1, 0.15) is 22.2 Å². The van der Waals surface area contributed by atoms with Crippen molar-refractivity contribution in [1.29, 1.82) is 0 Å². The molecule has 2 aliphatic rings. The number of amides is 2. The topological polar surface area (TPSA) is 40.6 Å². The Labute approximate surface area is 117 Å². The van der Waals surface area contributed by atoms with Crippen LogP contribution in [0, 0.1) is 18.8 Å². The molecule has 0 radical (unpaired) electrons. The number of carbonyl (C=O) groups is 2. The van der Waals surface area contributed by atoms with Crippen LogP contribution in [0.3, 0.4) is 0 Å². The molecule has 0 saturated carbocycles. The second-order valence-corrected chi connectivity index (χ2v) is 6.35. The van der Waals surface area contributed by atoms with Crippen molar-refractivity contribution in [2.75, 3.05) is 26.2 Å². The number of thiophene rings is 1. The lowest BCUT2D eigenvalue weighted by Gasteiger charge is -2.20. The first-order chi connectivity index (χ1) is 9.10. The lowest BCUT2D eigenvalue weighted by molar-refractivity contribution is -0.130. The summed E-state index contributed by atoms with van der Waals surface area (Å²) in [6.45, 7) is 6.92. The molecule has 0 N–H and O–H groups in total. The molecule has 3 rings (SSSR count). The van der Waals surface area contributed by atoms with E-state index < -0.39 is 0 Å². The third-order valence-electron chi connectivity index (χ3n) is 4.14. The van der Waals surface area contributed by atoms with Crippen LogP contribution in [0.15, 0.2) is 11.4 Å². The highest BCUT2D eigenvalue weighted by molar-refractivity contribution is 7.12. The monoisotopic (exact) mass is 278 g/mol. The Morgan fingerprint density at radius 2 is 2.21 bits per heavy atom. The molecular weight excluding hydrogens is 260 g/mol. The smallest absolute Gasteiger partial charge is 0.263 e. The standard InChI is InChI=1S/C14H18N2O2S/c1-3-15-5-10-6-16(7-11(10)13(15)17)14(18)12-4-9(2)8-19-12/h4,8,10-11H,3,5-7H2,1-2H3/t10-,11+/m1/s1. The summed E-state index contributed by atoms with van der Waals surface area (Å²) in [7, 11) is 0. The van der Waals surface area contributed by atoms with Gasteiger partial charge in [0.25, 0.3) is 5.91 Å². The van der Waals surface area contributed by atoms with Gasteiger partial charge in [-0.15, -0.1) is 11.3 Å². The fourth-order valence-corrected chi connectivity index (χ4v) is 3.96. The maximum absolute atomic E-state index is 12.4. The van der Waals surface area contributed by atoms with Gasteiger partial charge in [-0.3, -0.25) is 9.59 Å². The van der Waals surface area contributed by atoms with Crippen molar-refractivity contribution >= 4 is 23.2 Å². The Morgan fingerprint density at radius 3 is 2.79 bits per heavy atom. The number of carbonyl (C=O) groups excluding carboxylic acids is 2. The van der Waals surface area contributed by atoms with E-state index in [1.165, 1.54) is 11.3 Å². The Bertz CT molecular complexity index is 525. The van der Waals surface area contributed by atoms with Crippen LogP contribution in [0.4, 0.5) is 0 Å². The van der Waals surface area contributed by atoms with E-state index in [4.69, 9.17) is 0 Å². The highest BCUT2D eigenvalue weighted by Gasteiger charge is 2.46. The molecule has 3 heterocycles. The van der Waals surface area contributed by atoms with Gasteiger partial charge in [0.2, 0.25) is 5.91 Å². The SMILES string of the molecule is CCN1C[C@@H]2CN(C(=O)c3cc(C)cs3)C[C@@H]2C1=O. The first-order valence-corrected chi connectivity index (χ1v) is 7.61. The first kappa shape index (κ1) is 12.7. The Kier molecular flexibility index (Phi) is 3.09. The molecule has 2 saturated heterocycles. The van der Waals surface area contributed by atoms with Gasteiger partial charge in [0.1, 0.15) is 0 Å². The fourth-order valence-electron chi connectivity index (χ4n) is 3.09. The molecule has 2 aliphatic heterocycles. The van der Waals surface area contributed by atoms with Gasteiger partial charge in [0.05, 0.1) is 10.8 Å². The molecule has 102 valence electrons. The zero-order valence-electron chi connectivity index (χ0n) is 11.3. The first-order valence-electron chi connectivity index (χ1n) is 6.73. The van der Waals surface area contributed by atoms with E-state index in [0.717, 1.165) is 30.1 Å². The van der Waals surface area contributed by atoms with Gasteiger partial charge < -0.3 is 9.80 Å². The summed E-state index contributed by atoms with van der Waals surface area (Å²) < 4.78 is 0. The van der Waals surface area contributed by atoms with Gasteiger partial charge >= 0.3 is 0 Å². The van der Waals surface area contributed by atoms with Crippen LogP contribution in [-0.2, 0) is 4.79 Å². The fraction of sp³-hybridized carbons (Fsp3) is 0.571. The van der Waals surface area contributed by atoms with E-state index in [-0.39, 0.29) is 17.7 Å². The second-order valence-electron chi connectivity index (χ2n) is 5.44. The van der Waals surface area contributed by atoms with E-state index in [0.29, 0.717) is 12.5 Å². The van der Waals surface area contributed by atoms with Crippen LogP contribution in [0.2, 0.25) is 0 Å². The summed E-state index contributed by atoms with van der Waals surface area (Å²) in [6, 6.07) is 1.93. The van der Waals surface area contributed by atoms with Gasteiger partial charge in [-0.05, 0) is 30.9 Å². The predicted octanol–water partition coefficient (Wildman–Crippen LogP) is 1.61. The van der Waals surface area contributed by atoms with Crippen LogP contribution >= 0.6 is 11.3 Å². The zero-order valence-corrected chi connectivity index (χ0v) is 12.1. The summed E-state index contributed by atoms with van der Waals surface area (Å²) in [5.41, 5.74) is 1.13. The summed E-state index contributed by atoms with van der Waals surface area (Å²) in [5, 5.41) is 1.99. The summed E-state index contributed by atoms with van der Waals surface area (Å²) in [6.07, 6.45) is 0. The number of fused-ring (bicyclic) bond motifs is 1. The van der Waals surface area contributed by atoms with Crippen LogP contribution in [0.25, 0.3) is 0 Å². The highest BCUT2D eigenvalue weighted by Crippen LogP contribution is 2.33. The number of aryl methyl sites for hydroxylation is 1. The van der Waals surface area contributed by atoms with Crippen molar-refractivity contribution in [3.63, 3.8) is 0 Å². The Hall–Kier alpha value is -1.36. The van der Waals surface area contributed by atoms with E-state index >= 15 is 0 Å². The molecule has 1 aromatic heterocycles. The lowest BCUT2D eigenvalue weighted by Crippen LogP contribution is -2.35. The van der Waals surface area contributed by atoms with Crippen molar-refractivity contribution in [2.45, 2.75) is 13.8 Å². The molecule has 0 spiro atoms. The number of likely N-dealkylation sites (tertiary alicyclic amines) is 2. The van der Waals surface area contributed by atoms with Crippen LogP contribution < -0.4 is 0 Å². The number of rotatable bonds is 2. The van der Waals surface area contributed by atoms with Gasteiger partial charge in [-0.2, -0.15) is 0 Å². The second kappa shape index (κ2) is 4.63. The average molecular weight is 278 g/mol. The van der Waals surface area contributed by atoms with Gasteiger partial charge in [0.15, 0.2) is 0 Å². The third kappa shape index (κ3) is 2.06. The minimum absolute atomic E-state index is 0.0324. The van der Waals surface area contributed by atoms with Gasteiger partial charge in [0, 0.05) is 32.1 Å². The maximum Gasteiger partial charge on any atom is 0.263 e. The largest absolute Gasteiger partial charge is 0.342 e. The van der Waals surface area contributed by atoms with E-state index in [2.05, 4.69) is 0 Å². The Balaban J connectivity index is 1.71. The third-order valence-corrected chi connectivity index (χ3v) is 5.17. The lowest BCUT2D eigenvalue weighted by atomic mass is 10.0. The van der Waals surface area contributed by atoms with E-state index in [1.807, 2.05) is 35.1 Å². The number of nitrogens with zero attached hydrogens (tertiary/aromatic N) is 2. The molecule has 0 unspecified atom stereocenters. The van der Waals surface area contributed by atoms with Crippen molar-refractivity contribution in [3.05, 3.63) is 21.9 Å². The quantitative estimate of drug-likeness (QED) is 0.824. The average Bonchev–Trinajstić information content (AvgIpc) is 3.05. The number of hydrogen-bond acceptors (Lipinski definition) is 3. The molecule has 2 fully saturated rings. The predicted molar refractivity (Wildman–Crippen MR) is 74.2 cm³/mol. The summed E-state index contributed by atoms with van der Waals surface area (Å²) >= 11 is 1.49. The minimum atomic E-state index is 0.0324.